The molecule has 1 aromatic heterocycles. The van der Waals surface area contributed by atoms with Gasteiger partial charge in [0.1, 0.15) is 0 Å². The van der Waals surface area contributed by atoms with Gasteiger partial charge in [-0.05, 0) is 43.5 Å². The normalized spacial score (nSPS) is 23.0. The second-order valence-electron chi connectivity index (χ2n) is 5.75. The molecule has 112 valence electrons. The number of aryl methyl sites for hydroxylation is 1. The predicted molar refractivity (Wildman–Crippen MR) is 82.9 cm³/mol. The van der Waals surface area contributed by atoms with E-state index in [0.717, 1.165) is 23.0 Å². The van der Waals surface area contributed by atoms with Gasteiger partial charge in [0.05, 0.1) is 22.6 Å². The fourth-order valence-electron chi connectivity index (χ4n) is 2.98. The van der Waals surface area contributed by atoms with E-state index in [1.807, 2.05) is 31.2 Å². The number of rotatable bonds is 2. The molecule has 1 N–H and O–H groups in total. The lowest BCUT2D eigenvalue weighted by molar-refractivity contribution is 0.164. The summed E-state index contributed by atoms with van der Waals surface area (Å²) in [4.78, 5) is 4.42. The third-order valence-corrected chi connectivity index (χ3v) is 6.45. The Morgan fingerprint density at radius 2 is 2.05 bits per heavy atom. The summed E-state index contributed by atoms with van der Waals surface area (Å²) in [6.45, 7) is 1.93. The topological polar surface area (TPSA) is 67.3 Å². The molecule has 2 atom stereocenters. The van der Waals surface area contributed by atoms with Crippen molar-refractivity contribution < 1.29 is 13.5 Å². The molecule has 5 heteroatoms. The van der Waals surface area contributed by atoms with Crippen LogP contribution in [0.15, 0.2) is 30.3 Å². The maximum Gasteiger partial charge on any atom is 0.156 e. The van der Waals surface area contributed by atoms with Gasteiger partial charge in [0, 0.05) is 11.1 Å². The van der Waals surface area contributed by atoms with Crippen molar-refractivity contribution >= 4 is 20.7 Å². The number of aromatic nitrogens is 1. The summed E-state index contributed by atoms with van der Waals surface area (Å²) in [5, 5.41) is 10.7. The van der Waals surface area contributed by atoms with Crippen molar-refractivity contribution in [3.8, 4) is 0 Å². The first-order valence-electron chi connectivity index (χ1n) is 7.24. The maximum absolute atomic E-state index is 12.1. The van der Waals surface area contributed by atoms with Gasteiger partial charge in [0.2, 0.25) is 0 Å². The van der Waals surface area contributed by atoms with Crippen LogP contribution in [0.3, 0.4) is 0 Å². The molecule has 4 nitrogen and oxygen atoms in total. The Kier molecular flexibility index (Phi) is 3.71. The number of sulfone groups is 1. The molecule has 1 aliphatic heterocycles. The molecular weight excluding hydrogens is 286 g/mol. The van der Waals surface area contributed by atoms with E-state index in [9.17, 15) is 13.5 Å². The monoisotopic (exact) mass is 305 g/mol. The quantitative estimate of drug-likeness (QED) is 0.926. The van der Waals surface area contributed by atoms with Crippen LogP contribution in [0, 0.1) is 6.92 Å². The van der Waals surface area contributed by atoms with E-state index < -0.39 is 21.2 Å². The van der Waals surface area contributed by atoms with Crippen molar-refractivity contribution in [3.05, 3.63) is 41.6 Å². The molecule has 1 aliphatic rings. The third kappa shape index (κ3) is 2.80. The molecule has 2 unspecified atom stereocenters. The van der Waals surface area contributed by atoms with Gasteiger partial charge in [0.25, 0.3) is 0 Å². The molecule has 0 bridgehead atoms. The minimum atomic E-state index is -3.20. The van der Waals surface area contributed by atoms with Gasteiger partial charge in [-0.3, -0.25) is 4.98 Å². The van der Waals surface area contributed by atoms with Crippen molar-refractivity contribution in [2.24, 2.45) is 0 Å². The zero-order valence-electron chi connectivity index (χ0n) is 12.0. The molecule has 0 saturated carbocycles. The molecule has 21 heavy (non-hydrogen) atoms. The van der Waals surface area contributed by atoms with Crippen LogP contribution in [0.1, 0.15) is 36.6 Å². The van der Waals surface area contributed by atoms with Crippen molar-refractivity contribution in [1.29, 1.82) is 0 Å². The van der Waals surface area contributed by atoms with Crippen LogP contribution in [-0.4, -0.2) is 29.5 Å². The number of benzene rings is 1. The second-order valence-corrected chi connectivity index (χ2v) is 8.09. The Hall–Kier alpha value is -1.46. The highest BCUT2D eigenvalue weighted by molar-refractivity contribution is 7.92. The molecule has 1 fully saturated rings. The molecule has 0 aliphatic carbocycles. The molecular formula is C16H19NO3S. The lowest BCUT2D eigenvalue weighted by Gasteiger charge is -2.27. The Morgan fingerprint density at radius 1 is 1.24 bits per heavy atom. The van der Waals surface area contributed by atoms with Crippen LogP contribution in [0.4, 0.5) is 0 Å². The fourth-order valence-corrected chi connectivity index (χ4v) is 4.96. The summed E-state index contributed by atoms with van der Waals surface area (Å²) in [6, 6.07) is 9.33. The van der Waals surface area contributed by atoms with Crippen molar-refractivity contribution in [2.75, 3.05) is 5.75 Å². The van der Waals surface area contributed by atoms with Gasteiger partial charge in [0.15, 0.2) is 9.84 Å². The van der Waals surface area contributed by atoms with Crippen molar-refractivity contribution in [3.63, 3.8) is 0 Å². The standard InChI is InChI=1S/C16H19NO3S/c1-11-5-6-12-10-13(7-8-14(12)17-11)16(18)15-4-2-3-9-21(15,19)20/h5-8,10,15-16,18H,2-4,9H2,1H3. The van der Waals surface area contributed by atoms with Crippen LogP contribution >= 0.6 is 0 Å². The Labute approximate surface area is 124 Å². The summed E-state index contributed by atoms with van der Waals surface area (Å²) in [7, 11) is -3.20. The molecule has 0 radical (unpaired) electrons. The number of nitrogens with zero attached hydrogens (tertiary/aromatic N) is 1. The number of aliphatic hydroxyl groups excluding tert-OH is 1. The van der Waals surface area contributed by atoms with E-state index in [4.69, 9.17) is 0 Å². The second kappa shape index (κ2) is 5.39. The minimum absolute atomic E-state index is 0.184. The number of hydrogen-bond acceptors (Lipinski definition) is 4. The number of fused-ring (bicyclic) bond motifs is 1. The zero-order valence-corrected chi connectivity index (χ0v) is 12.8. The minimum Gasteiger partial charge on any atom is -0.387 e. The molecule has 0 spiro atoms. The number of hydrogen-bond donors (Lipinski definition) is 1. The van der Waals surface area contributed by atoms with Crippen LogP contribution in [-0.2, 0) is 9.84 Å². The maximum atomic E-state index is 12.1. The van der Waals surface area contributed by atoms with E-state index in [2.05, 4.69) is 4.98 Å². The first kappa shape index (κ1) is 14.5. The van der Waals surface area contributed by atoms with Gasteiger partial charge in [-0.1, -0.05) is 18.6 Å². The lowest BCUT2D eigenvalue weighted by atomic mass is 10.0. The van der Waals surface area contributed by atoms with Crippen molar-refractivity contribution in [1.82, 2.24) is 4.98 Å². The van der Waals surface area contributed by atoms with Crippen LogP contribution in [0.25, 0.3) is 10.9 Å². The Morgan fingerprint density at radius 3 is 2.81 bits per heavy atom. The SMILES string of the molecule is Cc1ccc2cc(C(O)C3CCCCS3(=O)=O)ccc2n1. The molecule has 3 rings (SSSR count). The average molecular weight is 305 g/mol. The molecule has 1 aromatic carbocycles. The number of pyridine rings is 1. The van der Waals surface area contributed by atoms with Crippen LogP contribution in [0.2, 0.25) is 0 Å². The molecule has 2 aromatic rings. The molecule has 2 heterocycles. The number of aliphatic hydroxyl groups is 1. The summed E-state index contributed by atoms with van der Waals surface area (Å²) >= 11 is 0. The third-order valence-electron chi connectivity index (χ3n) is 4.17. The van der Waals surface area contributed by atoms with E-state index in [1.54, 1.807) is 6.07 Å². The fraction of sp³-hybridized carbons (Fsp3) is 0.438. The van der Waals surface area contributed by atoms with Gasteiger partial charge in [-0.15, -0.1) is 0 Å². The van der Waals surface area contributed by atoms with E-state index in [1.165, 1.54) is 0 Å². The summed E-state index contributed by atoms with van der Waals surface area (Å²) in [6.07, 6.45) is 1.14. The van der Waals surface area contributed by atoms with E-state index in [0.29, 0.717) is 18.4 Å². The van der Waals surface area contributed by atoms with Crippen molar-refractivity contribution in [2.45, 2.75) is 37.5 Å². The smallest absolute Gasteiger partial charge is 0.156 e. The van der Waals surface area contributed by atoms with Crippen LogP contribution in [0.5, 0.6) is 0 Å². The Bertz CT molecular complexity index is 770. The highest BCUT2D eigenvalue weighted by Crippen LogP contribution is 2.31. The van der Waals surface area contributed by atoms with Crippen LogP contribution < -0.4 is 0 Å². The first-order valence-corrected chi connectivity index (χ1v) is 8.96. The van der Waals surface area contributed by atoms with Gasteiger partial charge in [-0.25, -0.2) is 8.42 Å². The average Bonchev–Trinajstić information content (AvgIpc) is 2.45. The molecule has 1 saturated heterocycles. The summed E-state index contributed by atoms with van der Waals surface area (Å²) < 4.78 is 24.3. The summed E-state index contributed by atoms with van der Waals surface area (Å²) in [5.41, 5.74) is 2.45. The Balaban J connectivity index is 1.97. The predicted octanol–water partition coefficient (Wildman–Crippen LogP) is 2.54. The van der Waals surface area contributed by atoms with Gasteiger partial charge < -0.3 is 5.11 Å². The highest BCUT2D eigenvalue weighted by atomic mass is 32.2. The first-order chi connectivity index (χ1) is 9.97. The van der Waals surface area contributed by atoms with Gasteiger partial charge in [-0.2, -0.15) is 0 Å². The van der Waals surface area contributed by atoms with E-state index in [-0.39, 0.29) is 5.75 Å². The zero-order chi connectivity index (χ0) is 15.0. The highest BCUT2D eigenvalue weighted by Gasteiger charge is 2.35. The van der Waals surface area contributed by atoms with E-state index >= 15 is 0 Å². The lowest BCUT2D eigenvalue weighted by Crippen LogP contribution is -2.33. The molecule has 0 amide bonds. The summed E-state index contributed by atoms with van der Waals surface area (Å²) in [5.74, 6) is 0.184. The van der Waals surface area contributed by atoms with Gasteiger partial charge >= 0.3 is 0 Å². The largest absolute Gasteiger partial charge is 0.387 e.